The van der Waals surface area contributed by atoms with Crippen molar-refractivity contribution in [1.82, 2.24) is 15.3 Å². The quantitative estimate of drug-likeness (QED) is 0.449. The number of aromatic hydroxyl groups is 1. The minimum Gasteiger partial charge on any atom is -0.505 e. The summed E-state index contributed by atoms with van der Waals surface area (Å²) in [4.78, 5) is 21.3. The number of hydrogen-bond donors (Lipinski definition) is 2. The van der Waals surface area contributed by atoms with Gasteiger partial charge in [0.25, 0.3) is 5.91 Å². The minimum atomic E-state index is -0.758. The van der Waals surface area contributed by atoms with Crippen LogP contribution in [0.1, 0.15) is 27.5 Å². The van der Waals surface area contributed by atoms with Crippen LogP contribution in [0.2, 0.25) is 5.02 Å². The third-order valence-corrected chi connectivity index (χ3v) is 5.41. The zero-order valence-electron chi connectivity index (χ0n) is 17.4. The molecule has 0 spiro atoms. The average molecular weight is 450 g/mol. The number of methoxy groups -OCH3 is 2. The van der Waals surface area contributed by atoms with Gasteiger partial charge in [0, 0.05) is 29.5 Å². The molecule has 0 saturated heterocycles. The van der Waals surface area contributed by atoms with Crippen LogP contribution in [-0.2, 0) is 0 Å². The third kappa shape index (κ3) is 4.02. The number of pyridine rings is 2. The number of carbonyl (C=O) groups excluding carboxylic acids is 1. The van der Waals surface area contributed by atoms with Crippen molar-refractivity contribution in [1.29, 1.82) is 0 Å². The maximum atomic E-state index is 13.0. The van der Waals surface area contributed by atoms with Crippen LogP contribution in [0.4, 0.5) is 0 Å². The van der Waals surface area contributed by atoms with Crippen LogP contribution in [0.5, 0.6) is 17.2 Å². The maximum absolute atomic E-state index is 13.0. The number of hydrogen-bond acceptors (Lipinski definition) is 6. The minimum absolute atomic E-state index is 0.0729. The Kier molecular flexibility index (Phi) is 6.09. The van der Waals surface area contributed by atoms with Gasteiger partial charge in [-0.1, -0.05) is 17.7 Å². The predicted molar refractivity (Wildman–Crippen MR) is 122 cm³/mol. The van der Waals surface area contributed by atoms with Gasteiger partial charge in [-0.3, -0.25) is 14.8 Å². The van der Waals surface area contributed by atoms with Crippen LogP contribution in [-0.4, -0.2) is 35.2 Å². The van der Waals surface area contributed by atoms with E-state index >= 15 is 0 Å². The van der Waals surface area contributed by atoms with E-state index in [-0.39, 0.29) is 11.7 Å². The highest BCUT2D eigenvalue weighted by Gasteiger charge is 2.25. The maximum Gasteiger partial charge on any atom is 0.253 e. The van der Waals surface area contributed by atoms with Gasteiger partial charge in [0.1, 0.15) is 11.3 Å². The largest absolute Gasteiger partial charge is 0.505 e. The first-order valence-electron chi connectivity index (χ1n) is 9.72. The summed E-state index contributed by atoms with van der Waals surface area (Å²) in [5.41, 5.74) is 1.77. The molecular weight excluding hydrogens is 430 g/mol. The number of benzene rings is 2. The van der Waals surface area contributed by atoms with Crippen LogP contribution in [0, 0.1) is 0 Å². The molecule has 7 nitrogen and oxygen atoms in total. The van der Waals surface area contributed by atoms with Crippen molar-refractivity contribution in [2.45, 2.75) is 6.04 Å². The zero-order chi connectivity index (χ0) is 22.7. The lowest BCUT2D eigenvalue weighted by Gasteiger charge is -2.23. The lowest BCUT2D eigenvalue weighted by atomic mass is 9.95. The first-order valence-corrected chi connectivity index (χ1v) is 10.1. The molecule has 162 valence electrons. The Morgan fingerprint density at radius 1 is 1.06 bits per heavy atom. The molecule has 0 aliphatic heterocycles. The van der Waals surface area contributed by atoms with Gasteiger partial charge in [0.05, 0.1) is 30.8 Å². The van der Waals surface area contributed by atoms with Crippen LogP contribution in [0.3, 0.4) is 0 Å². The Labute approximate surface area is 189 Å². The average Bonchev–Trinajstić information content (AvgIpc) is 2.85. The first-order chi connectivity index (χ1) is 15.5. The van der Waals surface area contributed by atoms with E-state index in [1.165, 1.54) is 13.3 Å². The number of aromatic nitrogens is 2. The number of amides is 1. The Morgan fingerprint density at radius 2 is 1.84 bits per heavy atom. The molecule has 4 aromatic rings. The molecule has 32 heavy (non-hydrogen) atoms. The highest BCUT2D eigenvalue weighted by atomic mass is 35.5. The van der Waals surface area contributed by atoms with Gasteiger partial charge in [-0.25, -0.2) is 0 Å². The number of nitrogens with one attached hydrogen (secondary N) is 1. The highest BCUT2D eigenvalue weighted by molar-refractivity contribution is 6.35. The highest BCUT2D eigenvalue weighted by Crippen LogP contribution is 2.40. The van der Waals surface area contributed by atoms with Crippen molar-refractivity contribution in [2.75, 3.05) is 14.2 Å². The molecule has 0 bridgehead atoms. The summed E-state index contributed by atoms with van der Waals surface area (Å²) in [5.74, 6) is 0.581. The van der Waals surface area contributed by atoms with Gasteiger partial charge >= 0.3 is 0 Å². The molecule has 0 aliphatic carbocycles. The van der Waals surface area contributed by atoms with E-state index in [0.29, 0.717) is 44.1 Å². The van der Waals surface area contributed by atoms with Crippen LogP contribution in [0.25, 0.3) is 10.9 Å². The molecule has 0 unspecified atom stereocenters. The number of phenolic OH excluding ortho intramolecular Hbond substituents is 1. The number of fused-ring (bicyclic) bond motifs is 1. The summed E-state index contributed by atoms with van der Waals surface area (Å²) >= 11 is 6.51. The molecule has 1 amide bonds. The number of nitrogens with zero attached hydrogens (tertiary/aromatic N) is 2. The lowest BCUT2D eigenvalue weighted by Crippen LogP contribution is -2.29. The van der Waals surface area contributed by atoms with Gasteiger partial charge in [-0.05, 0) is 48.0 Å². The summed E-state index contributed by atoms with van der Waals surface area (Å²) < 4.78 is 10.8. The van der Waals surface area contributed by atoms with Crippen molar-refractivity contribution >= 4 is 28.4 Å². The first kappa shape index (κ1) is 21.4. The molecule has 8 heteroatoms. The van der Waals surface area contributed by atoms with E-state index in [4.69, 9.17) is 21.1 Å². The molecule has 2 N–H and O–H groups in total. The van der Waals surface area contributed by atoms with Gasteiger partial charge in [-0.15, -0.1) is 0 Å². The normalized spacial score (nSPS) is 11.7. The van der Waals surface area contributed by atoms with Gasteiger partial charge in [0.15, 0.2) is 11.5 Å². The molecule has 0 fully saturated rings. The van der Waals surface area contributed by atoms with Crippen LogP contribution >= 0.6 is 11.6 Å². The Bertz CT molecular complexity index is 1280. The summed E-state index contributed by atoms with van der Waals surface area (Å²) in [6.07, 6.45) is 4.63. The standard InChI is InChI=1S/C24H20ClN3O4/c1-31-19-8-7-14(11-20(19)32-2)21(28-24(30)15-5-3-9-26-13-15)17-12-18(25)16-6-4-10-27-22(16)23(17)29/h3-13,21,29H,1-2H3,(H,28,30)/t21-/m0/s1. The number of ether oxygens (including phenoxy) is 2. The topological polar surface area (TPSA) is 93.6 Å². The van der Waals surface area contributed by atoms with Crippen molar-refractivity contribution in [3.63, 3.8) is 0 Å². The molecule has 2 heterocycles. The zero-order valence-corrected chi connectivity index (χ0v) is 18.1. The number of phenols is 1. The number of carbonyl (C=O) groups is 1. The van der Waals surface area contributed by atoms with Crippen LogP contribution < -0.4 is 14.8 Å². The van der Waals surface area contributed by atoms with Gasteiger partial charge in [-0.2, -0.15) is 0 Å². The van der Waals surface area contributed by atoms with E-state index in [2.05, 4.69) is 15.3 Å². The second-order valence-electron chi connectivity index (χ2n) is 6.96. The second-order valence-corrected chi connectivity index (χ2v) is 7.37. The summed E-state index contributed by atoms with van der Waals surface area (Å²) in [7, 11) is 3.07. The number of halogens is 1. The smallest absolute Gasteiger partial charge is 0.253 e. The molecule has 1 atom stereocenters. The Balaban J connectivity index is 1.88. The lowest BCUT2D eigenvalue weighted by molar-refractivity contribution is 0.0942. The van der Waals surface area contributed by atoms with Gasteiger partial charge in [0.2, 0.25) is 0 Å². The van der Waals surface area contributed by atoms with E-state index in [1.807, 2.05) is 0 Å². The fourth-order valence-electron chi connectivity index (χ4n) is 3.51. The molecule has 0 aliphatic rings. The van der Waals surface area contributed by atoms with E-state index in [9.17, 15) is 9.90 Å². The fourth-order valence-corrected chi connectivity index (χ4v) is 3.78. The van der Waals surface area contributed by atoms with Crippen molar-refractivity contribution in [3.05, 3.63) is 88.8 Å². The number of rotatable bonds is 6. The molecule has 2 aromatic carbocycles. The molecular formula is C24H20ClN3O4. The third-order valence-electron chi connectivity index (χ3n) is 5.10. The molecule has 2 aromatic heterocycles. The Hall–Kier alpha value is -3.84. The van der Waals surface area contributed by atoms with E-state index in [1.54, 1.807) is 68.0 Å². The fraction of sp³-hybridized carbons (Fsp3) is 0.125. The molecule has 0 saturated carbocycles. The summed E-state index contributed by atoms with van der Waals surface area (Å²) in [5, 5.41) is 15.1. The molecule has 4 rings (SSSR count). The monoisotopic (exact) mass is 449 g/mol. The second kappa shape index (κ2) is 9.11. The van der Waals surface area contributed by atoms with Crippen molar-refractivity contribution < 1.29 is 19.4 Å². The van der Waals surface area contributed by atoms with Crippen molar-refractivity contribution in [3.8, 4) is 17.2 Å². The Morgan fingerprint density at radius 3 is 2.56 bits per heavy atom. The molecule has 0 radical (unpaired) electrons. The van der Waals surface area contributed by atoms with Gasteiger partial charge < -0.3 is 19.9 Å². The van der Waals surface area contributed by atoms with E-state index < -0.39 is 6.04 Å². The summed E-state index contributed by atoms with van der Waals surface area (Å²) in [6, 6.07) is 13.0. The van der Waals surface area contributed by atoms with Crippen molar-refractivity contribution in [2.24, 2.45) is 0 Å². The predicted octanol–water partition coefficient (Wildman–Crippen LogP) is 4.53. The van der Waals surface area contributed by atoms with E-state index in [0.717, 1.165) is 0 Å². The van der Waals surface area contributed by atoms with Crippen LogP contribution in [0.15, 0.2) is 67.1 Å². The SMILES string of the molecule is COc1ccc([C@H](NC(=O)c2cccnc2)c2cc(Cl)c3cccnc3c2O)cc1OC. The summed E-state index contributed by atoms with van der Waals surface area (Å²) in [6.45, 7) is 0.